The van der Waals surface area contributed by atoms with Crippen LogP contribution in [-0.4, -0.2) is 30.1 Å². The minimum atomic E-state index is -1.33. The van der Waals surface area contributed by atoms with E-state index in [1.54, 1.807) is 6.92 Å². The lowest BCUT2D eigenvalue weighted by atomic mass is 9.84. The highest BCUT2D eigenvalue weighted by molar-refractivity contribution is 7.17. The van der Waals surface area contributed by atoms with E-state index in [0.29, 0.717) is 16.5 Å². The normalized spacial score (nSPS) is 16.4. The summed E-state index contributed by atoms with van der Waals surface area (Å²) in [5, 5.41) is 3.29. The standard InChI is InChI=1S/C20H29NO5S/c1-6-8-13-9-10-14-15(11-13)27-17(16(14)18(23)25-7-2)21-19(24)20(4,5)26-12(3)22/h13H,6-11H2,1-5H3,(H,21,24). The van der Waals surface area contributed by atoms with E-state index in [2.05, 4.69) is 12.2 Å². The number of carbonyl (C=O) groups is 3. The van der Waals surface area contributed by atoms with E-state index >= 15 is 0 Å². The molecule has 0 radical (unpaired) electrons. The van der Waals surface area contributed by atoms with E-state index in [-0.39, 0.29) is 6.61 Å². The maximum Gasteiger partial charge on any atom is 0.341 e. The Bertz CT molecular complexity index is 722. The molecule has 0 saturated carbocycles. The van der Waals surface area contributed by atoms with E-state index < -0.39 is 23.4 Å². The first kappa shape index (κ1) is 21.4. The van der Waals surface area contributed by atoms with Gasteiger partial charge < -0.3 is 14.8 Å². The first-order chi connectivity index (χ1) is 12.7. The maximum absolute atomic E-state index is 12.6. The van der Waals surface area contributed by atoms with Crippen LogP contribution in [0.4, 0.5) is 5.00 Å². The number of hydrogen-bond acceptors (Lipinski definition) is 6. The number of esters is 2. The minimum Gasteiger partial charge on any atom is -0.462 e. The second-order valence-electron chi connectivity index (χ2n) is 7.38. The SMILES string of the molecule is CCCC1CCc2c(sc(NC(=O)C(C)(C)OC(C)=O)c2C(=O)OCC)C1. The third-order valence-electron chi connectivity index (χ3n) is 4.72. The molecule has 0 spiro atoms. The summed E-state index contributed by atoms with van der Waals surface area (Å²) in [6, 6.07) is 0. The van der Waals surface area contributed by atoms with Crippen LogP contribution < -0.4 is 5.32 Å². The highest BCUT2D eigenvalue weighted by Crippen LogP contribution is 2.41. The Morgan fingerprint density at radius 1 is 1.26 bits per heavy atom. The number of anilines is 1. The van der Waals surface area contributed by atoms with Crippen LogP contribution in [-0.2, 0) is 31.9 Å². The molecule has 0 aromatic carbocycles. The molecule has 6 nitrogen and oxygen atoms in total. The van der Waals surface area contributed by atoms with Gasteiger partial charge in [0.15, 0.2) is 5.60 Å². The zero-order valence-corrected chi connectivity index (χ0v) is 17.6. The second kappa shape index (κ2) is 8.87. The quantitative estimate of drug-likeness (QED) is 0.703. The zero-order valence-electron chi connectivity index (χ0n) is 16.8. The van der Waals surface area contributed by atoms with Crippen molar-refractivity contribution in [3.63, 3.8) is 0 Å². The molecule has 0 saturated heterocycles. The van der Waals surface area contributed by atoms with Crippen LogP contribution in [0.15, 0.2) is 0 Å². The van der Waals surface area contributed by atoms with Gasteiger partial charge in [-0.05, 0) is 51.5 Å². The average molecular weight is 396 g/mol. The largest absolute Gasteiger partial charge is 0.462 e. The van der Waals surface area contributed by atoms with Gasteiger partial charge in [0.25, 0.3) is 5.91 Å². The maximum atomic E-state index is 12.6. The monoisotopic (exact) mass is 395 g/mol. The summed E-state index contributed by atoms with van der Waals surface area (Å²) >= 11 is 1.44. The van der Waals surface area contributed by atoms with Crippen LogP contribution >= 0.6 is 11.3 Å². The number of rotatable bonds is 7. The Balaban J connectivity index is 2.33. The highest BCUT2D eigenvalue weighted by Gasteiger charge is 2.35. The van der Waals surface area contributed by atoms with Crippen LogP contribution in [0.5, 0.6) is 0 Å². The van der Waals surface area contributed by atoms with E-state index in [1.807, 2.05) is 0 Å². The Hall–Kier alpha value is -1.89. The van der Waals surface area contributed by atoms with Crippen molar-refractivity contribution in [2.45, 2.75) is 72.3 Å². The van der Waals surface area contributed by atoms with E-state index in [9.17, 15) is 14.4 Å². The molecule has 1 unspecified atom stereocenters. The molecule has 1 amide bonds. The molecule has 0 aliphatic heterocycles. The lowest BCUT2D eigenvalue weighted by Crippen LogP contribution is -2.41. The predicted octanol–water partition coefficient (Wildman–Crippen LogP) is 4.11. The van der Waals surface area contributed by atoms with Crippen LogP contribution in [0.3, 0.4) is 0 Å². The fourth-order valence-corrected chi connectivity index (χ4v) is 4.82. The van der Waals surface area contributed by atoms with Gasteiger partial charge >= 0.3 is 11.9 Å². The number of carbonyl (C=O) groups excluding carboxylic acids is 3. The Labute approximate surface area is 164 Å². The van der Waals surface area contributed by atoms with Gasteiger partial charge in [0, 0.05) is 11.8 Å². The smallest absolute Gasteiger partial charge is 0.341 e. The van der Waals surface area contributed by atoms with Gasteiger partial charge in [-0.25, -0.2) is 4.79 Å². The molecule has 1 aromatic rings. The summed E-state index contributed by atoms with van der Waals surface area (Å²) in [4.78, 5) is 37.6. The number of fused-ring (bicyclic) bond motifs is 1. The van der Waals surface area contributed by atoms with Crippen molar-refractivity contribution in [2.75, 3.05) is 11.9 Å². The Morgan fingerprint density at radius 2 is 1.96 bits per heavy atom. The summed E-state index contributed by atoms with van der Waals surface area (Å²) in [7, 11) is 0. The first-order valence-corrected chi connectivity index (χ1v) is 10.3. The molecule has 7 heteroatoms. The lowest BCUT2D eigenvalue weighted by Gasteiger charge is -2.23. The number of hydrogen-bond donors (Lipinski definition) is 1. The van der Waals surface area contributed by atoms with Gasteiger partial charge in [0.1, 0.15) is 5.00 Å². The molecular weight excluding hydrogens is 366 g/mol. The molecular formula is C20H29NO5S. The van der Waals surface area contributed by atoms with E-state index in [1.165, 1.54) is 32.1 Å². The molecule has 150 valence electrons. The predicted molar refractivity (Wildman–Crippen MR) is 105 cm³/mol. The van der Waals surface area contributed by atoms with Crippen molar-refractivity contribution in [3.05, 3.63) is 16.0 Å². The molecule has 1 aromatic heterocycles. The summed E-state index contributed by atoms with van der Waals surface area (Å²) in [6.45, 7) is 8.52. The van der Waals surface area contributed by atoms with E-state index in [4.69, 9.17) is 9.47 Å². The molecule has 1 aliphatic carbocycles. The molecule has 1 N–H and O–H groups in total. The van der Waals surface area contributed by atoms with Gasteiger partial charge in [0.2, 0.25) is 0 Å². The number of amides is 1. The van der Waals surface area contributed by atoms with Crippen molar-refractivity contribution < 1.29 is 23.9 Å². The van der Waals surface area contributed by atoms with Crippen molar-refractivity contribution in [3.8, 4) is 0 Å². The third kappa shape index (κ3) is 5.09. The van der Waals surface area contributed by atoms with Crippen LogP contribution in [0, 0.1) is 5.92 Å². The van der Waals surface area contributed by atoms with Gasteiger partial charge in [-0.1, -0.05) is 19.8 Å². The van der Waals surface area contributed by atoms with Gasteiger partial charge in [-0.3, -0.25) is 9.59 Å². The van der Waals surface area contributed by atoms with E-state index in [0.717, 1.165) is 42.5 Å². The zero-order chi connectivity index (χ0) is 20.2. The molecule has 1 atom stereocenters. The fourth-order valence-electron chi connectivity index (χ4n) is 3.48. The van der Waals surface area contributed by atoms with Crippen LogP contribution in [0.2, 0.25) is 0 Å². The molecule has 0 fully saturated rings. The summed E-state index contributed by atoms with van der Waals surface area (Å²) in [6.07, 6.45) is 5.07. The highest BCUT2D eigenvalue weighted by atomic mass is 32.1. The van der Waals surface area contributed by atoms with Gasteiger partial charge in [0.05, 0.1) is 12.2 Å². The first-order valence-electron chi connectivity index (χ1n) is 9.52. The number of ether oxygens (including phenoxy) is 2. The third-order valence-corrected chi connectivity index (χ3v) is 5.89. The molecule has 1 heterocycles. The average Bonchev–Trinajstić information content (AvgIpc) is 2.91. The van der Waals surface area contributed by atoms with Crippen molar-refractivity contribution in [1.82, 2.24) is 0 Å². The molecule has 1 aliphatic rings. The summed E-state index contributed by atoms with van der Waals surface area (Å²) < 4.78 is 10.3. The van der Waals surface area contributed by atoms with Crippen molar-refractivity contribution >= 4 is 34.2 Å². The van der Waals surface area contributed by atoms with Crippen molar-refractivity contribution in [1.29, 1.82) is 0 Å². The van der Waals surface area contributed by atoms with Gasteiger partial charge in [-0.15, -0.1) is 11.3 Å². The number of thiophene rings is 1. The molecule has 0 bridgehead atoms. The number of nitrogens with one attached hydrogen (secondary N) is 1. The minimum absolute atomic E-state index is 0.272. The molecule has 2 rings (SSSR count). The van der Waals surface area contributed by atoms with Crippen molar-refractivity contribution in [2.24, 2.45) is 5.92 Å². The Morgan fingerprint density at radius 3 is 2.56 bits per heavy atom. The fraction of sp³-hybridized carbons (Fsp3) is 0.650. The van der Waals surface area contributed by atoms with Gasteiger partial charge in [-0.2, -0.15) is 0 Å². The second-order valence-corrected chi connectivity index (χ2v) is 8.49. The van der Waals surface area contributed by atoms with Crippen LogP contribution in [0.1, 0.15) is 74.7 Å². The molecule has 27 heavy (non-hydrogen) atoms. The summed E-state index contributed by atoms with van der Waals surface area (Å²) in [5.41, 5.74) is 0.123. The topological polar surface area (TPSA) is 81.7 Å². The Kier molecular flexibility index (Phi) is 7.03. The summed E-state index contributed by atoms with van der Waals surface area (Å²) in [5.74, 6) is -0.803. The van der Waals surface area contributed by atoms with Crippen LogP contribution in [0.25, 0.3) is 0 Å². The lowest BCUT2D eigenvalue weighted by molar-refractivity contribution is -0.160.